The molecule has 0 radical (unpaired) electrons. The Morgan fingerprint density at radius 3 is 2.73 bits per heavy atom. The number of hydrogen-bond donors (Lipinski definition) is 1. The first kappa shape index (κ1) is 19.8. The quantitative estimate of drug-likeness (QED) is 0.499. The minimum Gasteiger partial charge on any atom is -0.424 e. The van der Waals surface area contributed by atoms with Crippen LogP contribution < -0.4 is 5.32 Å². The summed E-state index contributed by atoms with van der Waals surface area (Å²) in [7, 11) is 0. The minimum atomic E-state index is -0.0747. The van der Waals surface area contributed by atoms with E-state index in [1.165, 1.54) is 0 Å². The average Bonchev–Trinajstić information content (AvgIpc) is 3.30. The molecule has 1 aliphatic heterocycles. The molecule has 1 aliphatic carbocycles. The molecule has 0 bridgehead atoms. The van der Waals surface area contributed by atoms with Crippen molar-refractivity contribution in [1.82, 2.24) is 24.8 Å². The molecule has 166 valence electrons. The molecule has 0 unspecified atom stereocenters. The van der Waals surface area contributed by atoms with E-state index in [9.17, 15) is 4.79 Å². The number of likely N-dealkylation sites (tertiary alicyclic amines) is 1. The van der Waals surface area contributed by atoms with Gasteiger partial charge in [-0.05, 0) is 61.9 Å². The molecule has 1 atom stereocenters. The van der Waals surface area contributed by atoms with Gasteiger partial charge in [0.15, 0.2) is 11.4 Å². The van der Waals surface area contributed by atoms with Crippen LogP contribution in [0, 0.1) is 12.3 Å². The van der Waals surface area contributed by atoms with E-state index >= 15 is 0 Å². The van der Waals surface area contributed by atoms with Gasteiger partial charge in [0.25, 0.3) is 11.9 Å². The van der Waals surface area contributed by atoms with Gasteiger partial charge >= 0.3 is 0 Å². The molecule has 1 N–H and O–H groups in total. The highest BCUT2D eigenvalue weighted by atomic mass is 16.4. The molecule has 1 spiro atoms. The predicted molar refractivity (Wildman–Crippen MR) is 124 cm³/mol. The van der Waals surface area contributed by atoms with Gasteiger partial charge in [0.1, 0.15) is 11.2 Å². The molecule has 1 saturated carbocycles. The molecule has 1 saturated heterocycles. The van der Waals surface area contributed by atoms with Gasteiger partial charge in [-0.3, -0.25) is 4.79 Å². The van der Waals surface area contributed by atoms with E-state index in [1.807, 2.05) is 48.2 Å². The second kappa shape index (κ2) is 7.65. The van der Waals surface area contributed by atoms with Gasteiger partial charge in [-0.25, -0.2) is 15.0 Å². The standard InChI is InChI=1S/C25H24N6O2/c1-16-7-8-18(22-26-11-4-12-27-22)21(29-16)23(32)31-15-25(9-10-25)13-17(31)14-28-24-30-19-5-2-3-6-20(19)33-24/h2-8,11-12,17H,9-10,13-15H2,1H3,(H,28,30)/t17-/m0/s1. The third-order valence-corrected chi connectivity index (χ3v) is 6.66. The molecule has 2 fully saturated rings. The van der Waals surface area contributed by atoms with Crippen LogP contribution >= 0.6 is 0 Å². The number of carbonyl (C=O) groups is 1. The van der Waals surface area contributed by atoms with Crippen molar-refractivity contribution < 1.29 is 9.21 Å². The van der Waals surface area contributed by atoms with E-state index in [4.69, 9.17) is 4.42 Å². The van der Waals surface area contributed by atoms with Gasteiger partial charge in [-0.1, -0.05) is 12.1 Å². The Hall–Kier alpha value is -3.81. The summed E-state index contributed by atoms with van der Waals surface area (Å²) in [6.45, 7) is 3.21. The van der Waals surface area contributed by atoms with Crippen LogP contribution in [0.25, 0.3) is 22.5 Å². The number of benzene rings is 1. The highest BCUT2D eigenvalue weighted by molar-refractivity contribution is 5.98. The fourth-order valence-electron chi connectivity index (χ4n) is 4.75. The monoisotopic (exact) mass is 440 g/mol. The topological polar surface area (TPSA) is 97.0 Å². The number of nitrogens with one attached hydrogen (secondary N) is 1. The molecule has 1 aromatic carbocycles. The van der Waals surface area contributed by atoms with Crippen LogP contribution in [0.5, 0.6) is 0 Å². The van der Waals surface area contributed by atoms with Gasteiger partial charge in [0.05, 0.1) is 11.6 Å². The first-order valence-corrected chi connectivity index (χ1v) is 11.3. The van der Waals surface area contributed by atoms with Crippen molar-refractivity contribution in [1.29, 1.82) is 0 Å². The highest BCUT2D eigenvalue weighted by Crippen LogP contribution is 2.55. The summed E-state index contributed by atoms with van der Waals surface area (Å²) in [5.41, 5.74) is 3.65. The number of pyridine rings is 1. The number of oxazole rings is 1. The second-order valence-electron chi connectivity index (χ2n) is 9.08. The summed E-state index contributed by atoms with van der Waals surface area (Å²) in [6.07, 6.45) is 6.64. The van der Waals surface area contributed by atoms with Crippen LogP contribution in [0.1, 0.15) is 35.4 Å². The summed E-state index contributed by atoms with van der Waals surface area (Å²) in [5.74, 6) is 0.434. The lowest BCUT2D eigenvalue weighted by atomic mass is 10.0. The van der Waals surface area contributed by atoms with Gasteiger partial charge in [0, 0.05) is 31.2 Å². The van der Waals surface area contributed by atoms with Crippen LogP contribution in [-0.2, 0) is 0 Å². The number of nitrogens with zero attached hydrogens (tertiary/aromatic N) is 5. The Bertz CT molecular complexity index is 1300. The summed E-state index contributed by atoms with van der Waals surface area (Å²) < 4.78 is 5.81. The molecule has 8 heteroatoms. The first-order valence-electron chi connectivity index (χ1n) is 11.3. The number of aryl methyl sites for hydroxylation is 1. The molecule has 3 aromatic heterocycles. The number of hydrogen-bond acceptors (Lipinski definition) is 7. The zero-order chi connectivity index (χ0) is 22.4. The molecular weight excluding hydrogens is 416 g/mol. The molecule has 6 rings (SSSR count). The molecule has 2 aliphatic rings. The largest absolute Gasteiger partial charge is 0.424 e. The fourth-order valence-corrected chi connectivity index (χ4v) is 4.75. The van der Waals surface area contributed by atoms with E-state index in [0.717, 1.165) is 42.6 Å². The van der Waals surface area contributed by atoms with Crippen molar-refractivity contribution >= 4 is 23.0 Å². The zero-order valence-electron chi connectivity index (χ0n) is 18.4. The number of para-hydroxylation sites is 2. The van der Waals surface area contributed by atoms with Crippen LogP contribution in [-0.4, -0.2) is 49.9 Å². The zero-order valence-corrected chi connectivity index (χ0v) is 18.4. The van der Waals surface area contributed by atoms with Crippen molar-refractivity contribution in [2.45, 2.75) is 32.2 Å². The molecule has 4 heterocycles. The lowest BCUT2D eigenvalue weighted by molar-refractivity contribution is 0.0732. The first-order chi connectivity index (χ1) is 16.1. The number of carbonyl (C=O) groups excluding carboxylic acids is 1. The summed E-state index contributed by atoms with van der Waals surface area (Å²) in [4.78, 5) is 33.6. The smallest absolute Gasteiger partial charge is 0.295 e. The normalized spacial score (nSPS) is 18.7. The molecule has 8 nitrogen and oxygen atoms in total. The van der Waals surface area contributed by atoms with E-state index < -0.39 is 0 Å². The van der Waals surface area contributed by atoms with E-state index in [-0.39, 0.29) is 17.4 Å². The maximum Gasteiger partial charge on any atom is 0.295 e. The third kappa shape index (κ3) is 3.71. The Morgan fingerprint density at radius 2 is 1.94 bits per heavy atom. The molecule has 4 aromatic rings. The Labute approximate surface area is 191 Å². The average molecular weight is 441 g/mol. The van der Waals surface area contributed by atoms with Crippen LogP contribution in [0.4, 0.5) is 6.01 Å². The minimum absolute atomic E-state index is 0.0295. The Balaban J connectivity index is 1.28. The van der Waals surface area contributed by atoms with Gasteiger partial charge < -0.3 is 14.6 Å². The SMILES string of the molecule is Cc1ccc(-c2ncccn2)c(C(=O)N2CC3(CC3)C[C@H]2CNc2nc3ccccc3o2)n1. The van der Waals surface area contributed by atoms with Crippen LogP contribution in [0.15, 0.2) is 59.3 Å². The maximum absolute atomic E-state index is 13.8. The van der Waals surface area contributed by atoms with E-state index in [2.05, 4.69) is 25.3 Å². The van der Waals surface area contributed by atoms with E-state index in [1.54, 1.807) is 18.5 Å². The van der Waals surface area contributed by atoms with Gasteiger partial charge in [0.2, 0.25) is 0 Å². The van der Waals surface area contributed by atoms with Crippen molar-refractivity contribution in [3.63, 3.8) is 0 Å². The lowest BCUT2D eigenvalue weighted by Crippen LogP contribution is -2.40. The summed E-state index contributed by atoms with van der Waals surface area (Å²) in [5, 5.41) is 3.32. The summed E-state index contributed by atoms with van der Waals surface area (Å²) >= 11 is 0. The molecule has 1 amide bonds. The van der Waals surface area contributed by atoms with E-state index in [0.29, 0.717) is 29.6 Å². The van der Waals surface area contributed by atoms with Crippen molar-refractivity contribution in [3.8, 4) is 11.4 Å². The van der Waals surface area contributed by atoms with Crippen LogP contribution in [0.2, 0.25) is 0 Å². The number of anilines is 1. The van der Waals surface area contributed by atoms with Crippen molar-refractivity contribution in [2.24, 2.45) is 5.41 Å². The Kier molecular flexibility index (Phi) is 4.60. The predicted octanol–water partition coefficient (Wildman–Crippen LogP) is 4.10. The maximum atomic E-state index is 13.8. The fraction of sp³-hybridized carbons (Fsp3) is 0.320. The molecule has 33 heavy (non-hydrogen) atoms. The van der Waals surface area contributed by atoms with Gasteiger partial charge in [-0.2, -0.15) is 4.98 Å². The summed E-state index contributed by atoms with van der Waals surface area (Å²) in [6, 6.07) is 13.7. The number of fused-ring (bicyclic) bond motifs is 1. The van der Waals surface area contributed by atoms with Crippen molar-refractivity contribution in [2.75, 3.05) is 18.4 Å². The van der Waals surface area contributed by atoms with Crippen molar-refractivity contribution in [3.05, 3.63) is 66.2 Å². The number of amides is 1. The Morgan fingerprint density at radius 1 is 1.12 bits per heavy atom. The second-order valence-corrected chi connectivity index (χ2v) is 9.08. The number of rotatable bonds is 5. The van der Waals surface area contributed by atoms with Gasteiger partial charge in [-0.15, -0.1) is 0 Å². The highest BCUT2D eigenvalue weighted by Gasteiger charge is 2.53. The van der Waals surface area contributed by atoms with Crippen LogP contribution in [0.3, 0.4) is 0 Å². The molecular formula is C25H24N6O2. The number of aromatic nitrogens is 4. The third-order valence-electron chi connectivity index (χ3n) is 6.66. The lowest BCUT2D eigenvalue weighted by Gasteiger charge is -2.25.